The van der Waals surface area contributed by atoms with Crippen LogP contribution in [0.3, 0.4) is 0 Å². The zero-order chi connectivity index (χ0) is 26.0. The predicted octanol–water partition coefficient (Wildman–Crippen LogP) is 5.28. The molecule has 35 heavy (non-hydrogen) atoms. The lowest BCUT2D eigenvalue weighted by molar-refractivity contribution is -0.137. The van der Waals surface area contributed by atoms with Crippen molar-refractivity contribution < 1.29 is 26.4 Å². The van der Waals surface area contributed by atoms with Gasteiger partial charge in [-0.2, -0.15) is 13.2 Å². The zero-order valence-electron chi connectivity index (χ0n) is 18.9. The van der Waals surface area contributed by atoms with Gasteiger partial charge in [-0.1, -0.05) is 48.0 Å². The Morgan fingerprint density at radius 3 is 2.43 bits per heavy atom. The monoisotopic (exact) mass is 546 g/mol. The van der Waals surface area contributed by atoms with Crippen LogP contribution in [0.2, 0.25) is 5.02 Å². The number of rotatable bonds is 8. The van der Waals surface area contributed by atoms with Gasteiger partial charge in [-0.3, -0.25) is 4.79 Å². The number of carbonyl (C=O) groups excluding carboxylic acids is 1. The maximum absolute atomic E-state index is 13.0. The third-order valence-electron chi connectivity index (χ3n) is 5.09. The third kappa shape index (κ3) is 6.56. The molecule has 1 N–H and O–H groups in total. The van der Waals surface area contributed by atoms with E-state index in [9.17, 15) is 26.4 Å². The molecule has 1 heterocycles. The molecule has 2 aromatic carbocycles. The number of carbonyl (C=O) groups is 1. The number of halogens is 4. The molecular weight excluding hydrogens is 525 g/mol. The molecule has 0 aliphatic carbocycles. The number of thioether (sulfide) groups is 1. The summed E-state index contributed by atoms with van der Waals surface area (Å²) in [5.74, 6) is -0.775. The smallest absolute Gasteiger partial charge is 0.324 e. The fraction of sp³-hybridized carbons (Fsp3) is 0.318. The summed E-state index contributed by atoms with van der Waals surface area (Å²) in [6, 6.07) is 9.11. The Bertz CT molecular complexity index is 1330. The van der Waals surface area contributed by atoms with Gasteiger partial charge in [0.1, 0.15) is 11.6 Å². The summed E-state index contributed by atoms with van der Waals surface area (Å²) in [4.78, 5) is 13.0. The average molecular weight is 547 g/mol. The zero-order valence-corrected chi connectivity index (χ0v) is 21.3. The maximum atomic E-state index is 13.0. The summed E-state index contributed by atoms with van der Waals surface area (Å²) in [6.45, 7) is 3.58. The number of benzene rings is 2. The molecule has 0 fully saturated rings. The summed E-state index contributed by atoms with van der Waals surface area (Å²) in [6.07, 6.45) is -4.27. The van der Waals surface area contributed by atoms with E-state index < -0.39 is 32.7 Å². The van der Waals surface area contributed by atoms with Crippen LogP contribution in [0.1, 0.15) is 30.3 Å². The first-order chi connectivity index (χ1) is 16.3. The van der Waals surface area contributed by atoms with Gasteiger partial charge < -0.3 is 9.88 Å². The summed E-state index contributed by atoms with van der Waals surface area (Å²) in [5, 5.41) is 9.92. The van der Waals surface area contributed by atoms with Gasteiger partial charge in [0.05, 0.1) is 26.4 Å². The van der Waals surface area contributed by atoms with Crippen molar-refractivity contribution in [3.63, 3.8) is 0 Å². The molecular formula is C22H22ClF3N4O3S2. The number of aromatic nitrogens is 3. The highest BCUT2D eigenvalue weighted by atomic mass is 35.5. The van der Waals surface area contributed by atoms with Crippen LogP contribution in [0.5, 0.6) is 0 Å². The molecule has 188 valence electrons. The van der Waals surface area contributed by atoms with Gasteiger partial charge >= 0.3 is 6.18 Å². The second kappa shape index (κ2) is 10.6. The van der Waals surface area contributed by atoms with Crippen LogP contribution >= 0.6 is 23.4 Å². The van der Waals surface area contributed by atoms with E-state index >= 15 is 0 Å². The second-order valence-corrected chi connectivity index (χ2v) is 11.3. The molecule has 3 rings (SSSR count). The number of sulfone groups is 1. The molecule has 0 aliphatic heterocycles. The van der Waals surface area contributed by atoms with E-state index in [1.165, 1.54) is 16.7 Å². The number of hydrogen-bond donors (Lipinski definition) is 1. The Balaban J connectivity index is 1.75. The molecule has 0 spiro atoms. The molecule has 7 nitrogen and oxygen atoms in total. The number of nitrogens with one attached hydrogen (secondary N) is 1. The first kappa shape index (κ1) is 27.0. The minimum absolute atomic E-state index is 0.0338. The minimum Gasteiger partial charge on any atom is -0.324 e. The number of alkyl halides is 3. The van der Waals surface area contributed by atoms with Crippen LogP contribution in [0.4, 0.5) is 18.9 Å². The van der Waals surface area contributed by atoms with Crippen molar-refractivity contribution in [2.24, 2.45) is 7.05 Å². The maximum Gasteiger partial charge on any atom is 0.416 e. The summed E-state index contributed by atoms with van der Waals surface area (Å²) >= 11 is 7.00. The summed E-state index contributed by atoms with van der Waals surface area (Å²) in [5.41, 5.74) is -0.171. The molecule has 3 aromatic rings. The number of aryl methyl sites for hydroxylation is 1. The molecule has 0 saturated carbocycles. The van der Waals surface area contributed by atoms with E-state index in [1.807, 2.05) is 6.92 Å². The lowest BCUT2D eigenvalue weighted by atomic mass is 10.2. The highest BCUT2D eigenvalue weighted by Gasteiger charge is 2.31. The van der Waals surface area contributed by atoms with Crippen LogP contribution in [-0.2, 0) is 33.6 Å². The van der Waals surface area contributed by atoms with Crippen molar-refractivity contribution in [1.82, 2.24) is 14.8 Å². The van der Waals surface area contributed by atoms with Crippen molar-refractivity contribution in [2.75, 3.05) is 5.32 Å². The lowest BCUT2D eigenvalue weighted by Gasteiger charge is -2.16. The van der Waals surface area contributed by atoms with Crippen LogP contribution in [0.15, 0.2) is 52.5 Å². The standard InChI is InChI=1S/C22H22ClF3N4O3S2/c1-4-18(20(31)27-17-11-14(22(24,25)26)7-10-16(17)23)34-21-29-28-19(30(21)3)12-35(32,33)15-8-5-13(2)6-9-15/h5-11,18H,4,12H2,1-3H3,(H,27,31). The fourth-order valence-corrected chi connectivity index (χ4v) is 5.44. The Morgan fingerprint density at radius 2 is 1.83 bits per heavy atom. The van der Waals surface area contributed by atoms with Gasteiger partial charge in [-0.25, -0.2) is 8.42 Å². The van der Waals surface area contributed by atoms with E-state index in [-0.39, 0.29) is 32.3 Å². The molecule has 0 aliphatic rings. The lowest BCUT2D eigenvalue weighted by Crippen LogP contribution is -2.25. The molecule has 1 amide bonds. The topological polar surface area (TPSA) is 93.9 Å². The Hall–Kier alpha value is -2.57. The van der Waals surface area contributed by atoms with E-state index in [0.717, 1.165) is 35.5 Å². The predicted molar refractivity (Wildman–Crippen MR) is 128 cm³/mol. The van der Waals surface area contributed by atoms with Gasteiger partial charge in [0.2, 0.25) is 5.91 Å². The van der Waals surface area contributed by atoms with Gasteiger partial charge in [-0.05, 0) is 43.7 Å². The molecule has 1 aromatic heterocycles. The number of hydrogen-bond acceptors (Lipinski definition) is 6. The highest BCUT2D eigenvalue weighted by molar-refractivity contribution is 8.00. The summed E-state index contributed by atoms with van der Waals surface area (Å²) < 4.78 is 66.0. The van der Waals surface area contributed by atoms with E-state index in [1.54, 1.807) is 26.1 Å². The first-order valence-corrected chi connectivity index (χ1v) is 13.2. The van der Waals surface area contributed by atoms with Gasteiger partial charge in [0.15, 0.2) is 15.0 Å². The normalized spacial score (nSPS) is 13.0. The molecule has 1 unspecified atom stereocenters. The minimum atomic E-state index is -4.59. The van der Waals surface area contributed by atoms with Crippen molar-refractivity contribution in [3.8, 4) is 0 Å². The van der Waals surface area contributed by atoms with Gasteiger partial charge in [-0.15, -0.1) is 10.2 Å². The second-order valence-electron chi connectivity index (χ2n) is 7.73. The Morgan fingerprint density at radius 1 is 1.17 bits per heavy atom. The van der Waals surface area contributed by atoms with Gasteiger partial charge in [0, 0.05) is 7.05 Å². The van der Waals surface area contributed by atoms with Crippen LogP contribution in [0, 0.1) is 6.92 Å². The molecule has 0 bridgehead atoms. The van der Waals surface area contributed by atoms with E-state index in [2.05, 4.69) is 15.5 Å². The van der Waals surface area contributed by atoms with Crippen LogP contribution < -0.4 is 5.32 Å². The van der Waals surface area contributed by atoms with E-state index in [4.69, 9.17) is 11.6 Å². The van der Waals surface area contributed by atoms with E-state index in [0.29, 0.717) is 6.42 Å². The van der Waals surface area contributed by atoms with Crippen LogP contribution in [0.25, 0.3) is 0 Å². The Kier molecular flexibility index (Phi) is 8.17. The SMILES string of the molecule is CCC(Sc1nnc(CS(=O)(=O)c2ccc(C)cc2)n1C)C(=O)Nc1cc(C(F)(F)F)ccc1Cl. The van der Waals surface area contributed by atoms with Crippen molar-refractivity contribution in [3.05, 3.63) is 64.4 Å². The number of nitrogens with zero attached hydrogens (tertiary/aromatic N) is 3. The van der Waals surface area contributed by atoms with Crippen LogP contribution in [-0.4, -0.2) is 34.3 Å². The quantitative estimate of drug-likeness (QED) is 0.386. The van der Waals surface area contributed by atoms with Crippen molar-refractivity contribution in [2.45, 2.75) is 47.5 Å². The van der Waals surface area contributed by atoms with Crippen molar-refractivity contribution in [1.29, 1.82) is 0 Å². The number of anilines is 1. The fourth-order valence-electron chi connectivity index (χ4n) is 3.03. The van der Waals surface area contributed by atoms with Crippen molar-refractivity contribution >= 4 is 44.8 Å². The largest absolute Gasteiger partial charge is 0.416 e. The highest BCUT2D eigenvalue weighted by Crippen LogP contribution is 2.34. The summed E-state index contributed by atoms with van der Waals surface area (Å²) in [7, 11) is -2.09. The number of amides is 1. The molecule has 1 atom stereocenters. The molecule has 0 saturated heterocycles. The molecule has 0 radical (unpaired) electrons. The molecule has 13 heteroatoms. The van der Waals surface area contributed by atoms with Gasteiger partial charge in [0.25, 0.3) is 0 Å². The Labute approximate surface area is 210 Å². The third-order valence-corrected chi connectivity index (χ3v) is 8.44. The first-order valence-electron chi connectivity index (χ1n) is 10.3. The average Bonchev–Trinajstić information content (AvgIpc) is 3.11.